The fourth-order valence-electron chi connectivity index (χ4n) is 1.53. The maximum atomic E-state index is 8.89. The van der Waals surface area contributed by atoms with Gasteiger partial charge in [-0.15, -0.1) is 5.10 Å². The molecule has 1 rings (SSSR count). The number of tetrazole rings is 1. The van der Waals surface area contributed by atoms with Crippen molar-refractivity contribution in [1.29, 1.82) is 5.26 Å². The van der Waals surface area contributed by atoms with Crippen LogP contribution < -0.4 is 0 Å². The molecule has 0 aliphatic carbocycles. The van der Waals surface area contributed by atoms with Gasteiger partial charge in [-0.25, -0.2) is 4.68 Å². The van der Waals surface area contributed by atoms with E-state index in [-0.39, 0.29) is 5.41 Å². The molecule has 0 amide bonds. The number of rotatable bonds is 6. The van der Waals surface area contributed by atoms with Crippen molar-refractivity contribution in [1.82, 2.24) is 20.2 Å². The van der Waals surface area contributed by atoms with Crippen LogP contribution in [0.25, 0.3) is 0 Å². The molecule has 0 fully saturated rings. The first-order valence-electron chi connectivity index (χ1n) is 5.75. The molecule has 0 bridgehead atoms. The second-order valence-corrected chi connectivity index (χ2v) is 4.67. The summed E-state index contributed by atoms with van der Waals surface area (Å²) in [6, 6.07) is 2.30. The summed E-state index contributed by atoms with van der Waals surface area (Å²) < 4.78 is 1.84. The van der Waals surface area contributed by atoms with Gasteiger partial charge in [0.1, 0.15) is 0 Å². The van der Waals surface area contributed by atoms with E-state index in [4.69, 9.17) is 5.26 Å². The Morgan fingerprint density at radius 2 is 2.19 bits per heavy atom. The Bertz CT molecular complexity index is 361. The van der Waals surface area contributed by atoms with Crippen molar-refractivity contribution in [3.05, 3.63) is 5.82 Å². The molecule has 0 aliphatic rings. The summed E-state index contributed by atoms with van der Waals surface area (Å²) in [4.78, 5) is 0. The minimum absolute atomic E-state index is 0.251. The number of nitriles is 1. The standard InChI is InChI=1S/C11H19N5/c1-4-6-10-13-14-15-16(10)8-5-7-11(2,3)9-12/h4-8H2,1-3H3. The fraction of sp³-hybridized carbons (Fsp3) is 0.818. The highest BCUT2D eigenvalue weighted by Crippen LogP contribution is 2.20. The fourth-order valence-corrected chi connectivity index (χ4v) is 1.53. The van der Waals surface area contributed by atoms with Crippen molar-refractivity contribution in [2.75, 3.05) is 0 Å². The Morgan fingerprint density at radius 3 is 2.81 bits per heavy atom. The quantitative estimate of drug-likeness (QED) is 0.736. The monoisotopic (exact) mass is 221 g/mol. The lowest BCUT2D eigenvalue weighted by Gasteiger charge is -2.14. The molecular weight excluding hydrogens is 202 g/mol. The number of aromatic nitrogens is 4. The maximum absolute atomic E-state index is 8.89. The zero-order valence-electron chi connectivity index (χ0n) is 10.3. The topological polar surface area (TPSA) is 67.4 Å². The van der Waals surface area contributed by atoms with E-state index in [9.17, 15) is 0 Å². The van der Waals surface area contributed by atoms with E-state index in [0.717, 1.165) is 38.1 Å². The first-order chi connectivity index (χ1) is 7.59. The average Bonchev–Trinajstić information content (AvgIpc) is 2.66. The van der Waals surface area contributed by atoms with Gasteiger partial charge in [0.25, 0.3) is 0 Å². The maximum Gasteiger partial charge on any atom is 0.151 e. The van der Waals surface area contributed by atoms with Gasteiger partial charge in [0.15, 0.2) is 5.82 Å². The van der Waals surface area contributed by atoms with Crippen LogP contribution in [0.4, 0.5) is 0 Å². The van der Waals surface area contributed by atoms with Gasteiger partial charge in [-0.05, 0) is 43.5 Å². The van der Waals surface area contributed by atoms with E-state index >= 15 is 0 Å². The molecule has 1 aromatic rings. The molecule has 0 aliphatic heterocycles. The lowest BCUT2D eigenvalue weighted by atomic mass is 9.90. The molecule has 0 atom stereocenters. The molecule has 1 heterocycles. The molecule has 0 N–H and O–H groups in total. The molecule has 16 heavy (non-hydrogen) atoms. The van der Waals surface area contributed by atoms with E-state index in [1.807, 2.05) is 18.5 Å². The van der Waals surface area contributed by atoms with Crippen molar-refractivity contribution >= 4 is 0 Å². The van der Waals surface area contributed by atoms with Crippen LogP contribution in [0.15, 0.2) is 0 Å². The summed E-state index contributed by atoms with van der Waals surface area (Å²) in [6.07, 6.45) is 3.76. The van der Waals surface area contributed by atoms with Crippen LogP contribution >= 0.6 is 0 Å². The summed E-state index contributed by atoms with van der Waals surface area (Å²) in [5.41, 5.74) is -0.251. The predicted molar refractivity (Wildman–Crippen MR) is 60.4 cm³/mol. The smallest absolute Gasteiger partial charge is 0.151 e. The van der Waals surface area contributed by atoms with Gasteiger partial charge < -0.3 is 0 Å². The lowest BCUT2D eigenvalue weighted by Crippen LogP contribution is -2.11. The lowest BCUT2D eigenvalue weighted by molar-refractivity contribution is 0.400. The number of nitrogens with zero attached hydrogens (tertiary/aromatic N) is 5. The highest BCUT2D eigenvalue weighted by molar-refractivity contribution is 4.91. The van der Waals surface area contributed by atoms with E-state index in [1.54, 1.807) is 0 Å². The molecule has 88 valence electrons. The zero-order chi connectivity index (χ0) is 12.0. The van der Waals surface area contributed by atoms with Gasteiger partial charge >= 0.3 is 0 Å². The molecule has 0 saturated heterocycles. The minimum atomic E-state index is -0.251. The third-order valence-electron chi connectivity index (χ3n) is 2.55. The van der Waals surface area contributed by atoms with Gasteiger partial charge in [0.05, 0.1) is 11.5 Å². The van der Waals surface area contributed by atoms with Gasteiger partial charge in [-0.3, -0.25) is 0 Å². The van der Waals surface area contributed by atoms with Crippen LogP contribution in [-0.4, -0.2) is 20.2 Å². The van der Waals surface area contributed by atoms with Gasteiger partial charge in [0.2, 0.25) is 0 Å². The molecule has 0 saturated carbocycles. The van der Waals surface area contributed by atoms with Crippen LogP contribution in [0.5, 0.6) is 0 Å². The molecule has 5 heteroatoms. The SMILES string of the molecule is CCCc1nnnn1CCCC(C)(C)C#N. The molecule has 0 aromatic carbocycles. The van der Waals surface area contributed by atoms with Crippen molar-refractivity contribution in [3.63, 3.8) is 0 Å². The third-order valence-corrected chi connectivity index (χ3v) is 2.55. The van der Waals surface area contributed by atoms with Crippen LogP contribution in [0.1, 0.15) is 45.9 Å². The van der Waals surface area contributed by atoms with Crippen molar-refractivity contribution in [2.24, 2.45) is 5.41 Å². The van der Waals surface area contributed by atoms with Gasteiger partial charge in [-0.1, -0.05) is 6.92 Å². The van der Waals surface area contributed by atoms with Crippen LogP contribution in [0.2, 0.25) is 0 Å². The number of aryl methyl sites for hydroxylation is 2. The predicted octanol–water partition coefficient (Wildman–Crippen LogP) is 1.96. The Morgan fingerprint density at radius 1 is 1.44 bits per heavy atom. The highest BCUT2D eigenvalue weighted by atomic mass is 15.5. The number of hydrogen-bond acceptors (Lipinski definition) is 4. The zero-order valence-corrected chi connectivity index (χ0v) is 10.3. The largest absolute Gasteiger partial charge is 0.230 e. The van der Waals surface area contributed by atoms with Gasteiger partial charge in [-0.2, -0.15) is 5.26 Å². The summed E-state index contributed by atoms with van der Waals surface area (Å²) in [6.45, 7) is 6.82. The third kappa shape index (κ3) is 3.61. The van der Waals surface area contributed by atoms with Crippen LogP contribution in [0, 0.1) is 16.7 Å². The highest BCUT2D eigenvalue weighted by Gasteiger charge is 2.16. The summed E-state index contributed by atoms with van der Waals surface area (Å²) >= 11 is 0. The molecular formula is C11H19N5. The molecule has 0 unspecified atom stereocenters. The second-order valence-electron chi connectivity index (χ2n) is 4.67. The first-order valence-corrected chi connectivity index (χ1v) is 5.75. The number of hydrogen-bond donors (Lipinski definition) is 0. The Hall–Kier alpha value is -1.44. The molecule has 0 radical (unpaired) electrons. The molecule has 0 spiro atoms. The van der Waals surface area contributed by atoms with E-state index < -0.39 is 0 Å². The van der Waals surface area contributed by atoms with Crippen LogP contribution in [-0.2, 0) is 13.0 Å². The van der Waals surface area contributed by atoms with Gasteiger partial charge in [0, 0.05) is 13.0 Å². The molecule has 1 aromatic heterocycles. The van der Waals surface area contributed by atoms with Crippen molar-refractivity contribution < 1.29 is 0 Å². The summed E-state index contributed by atoms with van der Waals surface area (Å²) in [5, 5.41) is 20.5. The van der Waals surface area contributed by atoms with Crippen molar-refractivity contribution in [2.45, 2.75) is 53.0 Å². The van der Waals surface area contributed by atoms with E-state index in [0.29, 0.717) is 0 Å². The van der Waals surface area contributed by atoms with Crippen molar-refractivity contribution in [3.8, 4) is 6.07 Å². The molecule has 5 nitrogen and oxygen atoms in total. The Kier molecular flexibility index (Phi) is 4.41. The Balaban J connectivity index is 2.43. The first kappa shape index (κ1) is 12.6. The summed E-state index contributed by atoms with van der Waals surface area (Å²) in [5.74, 6) is 0.942. The minimum Gasteiger partial charge on any atom is -0.230 e. The second kappa shape index (κ2) is 5.59. The van der Waals surface area contributed by atoms with E-state index in [2.05, 4.69) is 28.5 Å². The van der Waals surface area contributed by atoms with Crippen LogP contribution in [0.3, 0.4) is 0 Å². The average molecular weight is 221 g/mol. The summed E-state index contributed by atoms with van der Waals surface area (Å²) in [7, 11) is 0. The Labute approximate surface area is 96.5 Å². The normalized spacial score (nSPS) is 11.4. The van der Waals surface area contributed by atoms with E-state index in [1.165, 1.54) is 0 Å².